The Hall–Kier alpha value is -1.68. The average Bonchev–Trinajstić information content (AvgIpc) is 2.75. The molecule has 2 rings (SSSR count). The summed E-state index contributed by atoms with van der Waals surface area (Å²) in [5.74, 6) is -0.223. The van der Waals surface area contributed by atoms with Crippen LogP contribution in [0, 0.1) is 11.8 Å². The van der Waals surface area contributed by atoms with Crippen LogP contribution in [0.3, 0.4) is 0 Å². The van der Waals surface area contributed by atoms with E-state index in [4.69, 9.17) is 0 Å². The molecular weight excluding hydrogens is 216 g/mol. The summed E-state index contributed by atoms with van der Waals surface area (Å²) in [6.07, 6.45) is 1.60. The molecule has 0 amide bonds. The van der Waals surface area contributed by atoms with Gasteiger partial charge >= 0.3 is 0 Å². The Morgan fingerprint density at radius 1 is 1.47 bits per heavy atom. The Kier molecular flexibility index (Phi) is 3.24. The molecule has 17 heavy (non-hydrogen) atoms. The van der Waals surface area contributed by atoms with Crippen molar-refractivity contribution in [1.82, 2.24) is 9.97 Å². The van der Waals surface area contributed by atoms with Gasteiger partial charge in [-0.05, 0) is 24.1 Å². The van der Waals surface area contributed by atoms with E-state index >= 15 is 0 Å². The Labute approximate surface area is 99.7 Å². The van der Waals surface area contributed by atoms with Gasteiger partial charge in [-0.2, -0.15) is 0 Å². The van der Waals surface area contributed by atoms with Gasteiger partial charge in [0, 0.05) is 11.5 Å². The number of imidazole rings is 1. The molecule has 0 aliphatic rings. The van der Waals surface area contributed by atoms with Crippen molar-refractivity contribution in [2.24, 2.45) is 11.8 Å². The van der Waals surface area contributed by atoms with Gasteiger partial charge in [-0.1, -0.05) is 13.8 Å². The van der Waals surface area contributed by atoms with Crippen LogP contribution in [-0.2, 0) is 0 Å². The minimum absolute atomic E-state index is 0.0148. The summed E-state index contributed by atoms with van der Waals surface area (Å²) >= 11 is 0. The summed E-state index contributed by atoms with van der Waals surface area (Å²) in [5, 5.41) is 9.26. The van der Waals surface area contributed by atoms with Crippen LogP contribution in [0.15, 0.2) is 24.5 Å². The predicted molar refractivity (Wildman–Crippen MR) is 65.8 cm³/mol. The first-order chi connectivity index (χ1) is 8.13. The maximum Gasteiger partial charge on any atom is 0.168 e. The van der Waals surface area contributed by atoms with Crippen LogP contribution in [0.2, 0.25) is 0 Å². The number of hydrogen-bond donors (Lipinski definition) is 2. The van der Waals surface area contributed by atoms with Crippen LogP contribution in [0.1, 0.15) is 24.2 Å². The van der Waals surface area contributed by atoms with Crippen molar-refractivity contribution in [2.75, 3.05) is 6.61 Å². The fourth-order valence-electron chi connectivity index (χ4n) is 1.90. The van der Waals surface area contributed by atoms with Gasteiger partial charge in [0.1, 0.15) is 0 Å². The topological polar surface area (TPSA) is 66.0 Å². The van der Waals surface area contributed by atoms with E-state index in [1.807, 2.05) is 19.9 Å². The SMILES string of the molecule is CC(C)C(CO)C(=O)c1ccc2nc[nH]c2c1. The smallest absolute Gasteiger partial charge is 0.168 e. The number of hydrogen-bond acceptors (Lipinski definition) is 3. The molecular formula is C13H16N2O2. The molecule has 0 spiro atoms. The van der Waals surface area contributed by atoms with Crippen molar-refractivity contribution in [3.8, 4) is 0 Å². The standard InChI is InChI=1S/C13H16N2O2/c1-8(2)10(6-16)13(17)9-3-4-11-12(5-9)15-7-14-11/h3-5,7-8,10,16H,6H2,1-2H3,(H,14,15). The molecule has 0 aliphatic heterocycles. The Morgan fingerprint density at radius 2 is 2.24 bits per heavy atom. The van der Waals surface area contributed by atoms with Crippen molar-refractivity contribution in [3.05, 3.63) is 30.1 Å². The molecule has 1 unspecified atom stereocenters. The third-order valence-corrected chi connectivity index (χ3v) is 3.04. The number of aromatic nitrogens is 2. The number of ketones is 1. The average molecular weight is 232 g/mol. The predicted octanol–water partition coefficient (Wildman–Crippen LogP) is 2.01. The highest BCUT2D eigenvalue weighted by atomic mass is 16.3. The highest BCUT2D eigenvalue weighted by Crippen LogP contribution is 2.19. The molecule has 0 aliphatic carbocycles. The quantitative estimate of drug-likeness (QED) is 0.792. The molecule has 1 heterocycles. The van der Waals surface area contributed by atoms with Gasteiger partial charge in [-0.3, -0.25) is 4.79 Å². The maximum absolute atomic E-state index is 12.2. The van der Waals surface area contributed by atoms with Crippen LogP contribution in [-0.4, -0.2) is 27.5 Å². The van der Waals surface area contributed by atoms with Crippen LogP contribution >= 0.6 is 0 Å². The van der Waals surface area contributed by atoms with E-state index in [0.717, 1.165) is 11.0 Å². The summed E-state index contributed by atoms with van der Waals surface area (Å²) in [5.41, 5.74) is 2.30. The second-order valence-electron chi connectivity index (χ2n) is 4.53. The minimum Gasteiger partial charge on any atom is -0.396 e. The molecule has 0 bridgehead atoms. The zero-order valence-corrected chi connectivity index (χ0v) is 9.97. The van der Waals surface area contributed by atoms with Crippen LogP contribution in [0.4, 0.5) is 0 Å². The third-order valence-electron chi connectivity index (χ3n) is 3.04. The molecule has 2 N–H and O–H groups in total. The number of nitrogens with one attached hydrogen (secondary N) is 1. The minimum atomic E-state index is -0.338. The molecule has 2 aromatic rings. The number of nitrogens with zero attached hydrogens (tertiary/aromatic N) is 1. The number of aliphatic hydroxyl groups is 1. The normalized spacial score (nSPS) is 13.2. The number of carbonyl (C=O) groups is 1. The van der Waals surface area contributed by atoms with Gasteiger partial charge in [-0.15, -0.1) is 0 Å². The number of benzene rings is 1. The van der Waals surface area contributed by atoms with Gasteiger partial charge in [0.2, 0.25) is 0 Å². The number of aliphatic hydroxyl groups excluding tert-OH is 1. The van der Waals surface area contributed by atoms with Gasteiger partial charge < -0.3 is 10.1 Å². The lowest BCUT2D eigenvalue weighted by atomic mass is 9.88. The van der Waals surface area contributed by atoms with Crippen molar-refractivity contribution >= 4 is 16.8 Å². The fraction of sp³-hybridized carbons (Fsp3) is 0.385. The molecule has 90 valence electrons. The molecule has 0 saturated carbocycles. The number of rotatable bonds is 4. The number of fused-ring (bicyclic) bond motifs is 1. The second kappa shape index (κ2) is 4.67. The number of aromatic amines is 1. The lowest BCUT2D eigenvalue weighted by molar-refractivity contribution is 0.0807. The third kappa shape index (κ3) is 2.22. The van der Waals surface area contributed by atoms with E-state index < -0.39 is 0 Å². The van der Waals surface area contributed by atoms with Crippen molar-refractivity contribution in [3.63, 3.8) is 0 Å². The number of carbonyl (C=O) groups excluding carboxylic acids is 1. The summed E-state index contributed by atoms with van der Waals surface area (Å²) in [4.78, 5) is 19.3. The maximum atomic E-state index is 12.2. The summed E-state index contributed by atoms with van der Waals surface area (Å²) in [7, 11) is 0. The monoisotopic (exact) mass is 232 g/mol. The number of Topliss-reactive ketones (excluding diaryl/α,β-unsaturated/α-hetero) is 1. The largest absolute Gasteiger partial charge is 0.396 e. The Bertz CT molecular complexity index is 531. The van der Waals surface area contributed by atoms with Gasteiger partial charge in [0.15, 0.2) is 5.78 Å². The van der Waals surface area contributed by atoms with Crippen molar-refractivity contribution < 1.29 is 9.90 Å². The first-order valence-corrected chi connectivity index (χ1v) is 5.71. The Morgan fingerprint density at radius 3 is 2.88 bits per heavy atom. The van der Waals surface area contributed by atoms with Crippen molar-refractivity contribution in [1.29, 1.82) is 0 Å². The highest BCUT2D eigenvalue weighted by molar-refractivity contribution is 6.00. The molecule has 0 fully saturated rings. The van der Waals surface area contributed by atoms with E-state index in [1.54, 1.807) is 18.5 Å². The molecule has 4 heteroatoms. The molecule has 0 radical (unpaired) electrons. The van der Waals surface area contributed by atoms with Gasteiger partial charge in [0.25, 0.3) is 0 Å². The van der Waals surface area contributed by atoms with E-state index in [-0.39, 0.29) is 24.2 Å². The zero-order valence-electron chi connectivity index (χ0n) is 9.97. The van der Waals surface area contributed by atoms with Crippen LogP contribution in [0.25, 0.3) is 11.0 Å². The Balaban J connectivity index is 2.35. The molecule has 0 saturated heterocycles. The summed E-state index contributed by atoms with van der Waals surface area (Å²) in [6, 6.07) is 5.36. The highest BCUT2D eigenvalue weighted by Gasteiger charge is 2.22. The van der Waals surface area contributed by atoms with E-state index in [2.05, 4.69) is 9.97 Å². The fourth-order valence-corrected chi connectivity index (χ4v) is 1.90. The van der Waals surface area contributed by atoms with Gasteiger partial charge in [-0.25, -0.2) is 4.98 Å². The molecule has 1 aromatic carbocycles. The first-order valence-electron chi connectivity index (χ1n) is 5.71. The van der Waals surface area contributed by atoms with E-state index in [0.29, 0.717) is 5.56 Å². The van der Waals surface area contributed by atoms with E-state index in [9.17, 15) is 9.90 Å². The second-order valence-corrected chi connectivity index (χ2v) is 4.53. The van der Waals surface area contributed by atoms with Crippen LogP contribution < -0.4 is 0 Å². The van der Waals surface area contributed by atoms with Crippen molar-refractivity contribution in [2.45, 2.75) is 13.8 Å². The summed E-state index contributed by atoms with van der Waals surface area (Å²) in [6.45, 7) is 3.76. The number of H-pyrrole nitrogens is 1. The first kappa shape index (κ1) is 11.8. The zero-order chi connectivity index (χ0) is 12.4. The molecule has 4 nitrogen and oxygen atoms in total. The lowest BCUT2D eigenvalue weighted by Crippen LogP contribution is -2.24. The molecule has 1 aromatic heterocycles. The summed E-state index contributed by atoms with van der Waals surface area (Å²) < 4.78 is 0. The molecule has 1 atom stereocenters. The van der Waals surface area contributed by atoms with Crippen LogP contribution in [0.5, 0.6) is 0 Å². The van der Waals surface area contributed by atoms with E-state index in [1.165, 1.54) is 0 Å². The lowest BCUT2D eigenvalue weighted by Gasteiger charge is -2.16. The van der Waals surface area contributed by atoms with Gasteiger partial charge in [0.05, 0.1) is 24.0 Å².